The highest BCUT2D eigenvalue weighted by molar-refractivity contribution is 9.10. The highest BCUT2D eigenvalue weighted by atomic mass is 79.9. The molecule has 0 N–H and O–H groups in total. The Morgan fingerprint density at radius 1 is 1.29 bits per heavy atom. The lowest BCUT2D eigenvalue weighted by molar-refractivity contribution is 0.339. The maximum absolute atomic E-state index is 11.8. The molecule has 96 valence electrons. The van der Waals surface area contributed by atoms with Crippen molar-refractivity contribution in [3.63, 3.8) is 0 Å². The molecule has 0 atom stereocenters. The molecule has 0 heterocycles. The molecule has 0 saturated heterocycles. The van der Waals surface area contributed by atoms with E-state index in [9.17, 15) is 8.42 Å². The first kappa shape index (κ1) is 14.5. The van der Waals surface area contributed by atoms with Crippen LogP contribution in [0.15, 0.2) is 28.7 Å². The van der Waals surface area contributed by atoms with Gasteiger partial charge in [0.2, 0.25) is 0 Å². The summed E-state index contributed by atoms with van der Waals surface area (Å²) in [6, 6.07) is 7.34. The van der Waals surface area contributed by atoms with Crippen molar-refractivity contribution in [2.75, 3.05) is 12.4 Å². The van der Waals surface area contributed by atoms with Crippen LogP contribution in [-0.4, -0.2) is 25.5 Å². The molecule has 0 fully saturated rings. The van der Waals surface area contributed by atoms with Gasteiger partial charge >= 0.3 is 0 Å². The van der Waals surface area contributed by atoms with E-state index >= 15 is 0 Å². The molecule has 5 heteroatoms. The molecule has 0 amide bonds. The van der Waals surface area contributed by atoms with E-state index in [4.69, 9.17) is 4.74 Å². The Labute approximate surface area is 111 Å². The molecule has 0 aliphatic carbocycles. The molecule has 1 aromatic rings. The van der Waals surface area contributed by atoms with Crippen molar-refractivity contribution in [2.24, 2.45) is 0 Å². The van der Waals surface area contributed by atoms with E-state index in [1.54, 1.807) is 26.8 Å². The van der Waals surface area contributed by atoms with Gasteiger partial charge in [0, 0.05) is 4.47 Å². The van der Waals surface area contributed by atoms with Gasteiger partial charge in [-0.15, -0.1) is 0 Å². The van der Waals surface area contributed by atoms with E-state index in [2.05, 4.69) is 15.9 Å². The zero-order valence-electron chi connectivity index (χ0n) is 10.2. The second kappa shape index (κ2) is 5.40. The van der Waals surface area contributed by atoms with Crippen LogP contribution in [0.4, 0.5) is 0 Å². The Bertz CT molecular complexity index is 475. The van der Waals surface area contributed by atoms with Gasteiger partial charge in [0.15, 0.2) is 9.84 Å². The molecule has 17 heavy (non-hydrogen) atoms. The third-order valence-electron chi connectivity index (χ3n) is 2.35. The zero-order valence-corrected chi connectivity index (χ0v) is 12.6. The first-order valence-corrected chi connectivity index (χ1v) is 7.77. The lowest BCUT2D eigenvalue weighted by atomic mass is 10.3. The normalized spacial score (nSPS) is 12.5. The Hall–Kier alpha value is -0.550. The number of hydrogen-bond acceptors (Lipinski definition) is 3. The maximum atomic E-state index is 11.8. The van der Waals surface area contributed by atoms with Gasteiger partial charge in [-0.25, -0.2) is 8.42 Å². The summed E-state index contributed by atoms with van der Waals surface area (Å²) < 4.78 is 29.2. The van der Waals surface area contributed by atoms with Crippen molar-refractivity contribution >= 4 is 25.8 Å². The van der Waals surface area contributed by atoms with Crippen LogP contribution in [0.1, 0.15) is 20.8 Å². The van der Waals surface area contributed by atoms with Gasteiger partial charge in [-0.1, -0.05) is 22.0 Å². The van der Waals surface area contributed by atoms with Crippen LogP contribution < -0.4 is 4.74 Å². The molecule has 0 spiro atoms. The number of sulfone groups is 1. The van der Waals surface area contributed by atoms with E-state index in [1.165, 1.54) is 0 Å². The van der Waals surface area contributed by atoms with E-state index < -0.39 is 14.6 Å². The summed E-state index contributed by atoms with van der Waals surface area (Å²) in [5.41, 5.74) is 0. The summed E-state index contributed by atoms with van der Waals surface area (Å²) in [5, 5.41) is 0. The lowest BCUT2D eigenvalue weighted by Crippen LogP contribution is -2.32. The number of hydrogen-bond donors (Lipinski definition) is 0. The highest BCUT2D eigenvalue weighted by Gasteiger charge is 2.28. The van der Waals surface area contributed by atoms with Gasteiger partial charge in [0.1, 0.15) is 12.4 Å². The average molecular weight is 321 g/mol. The minimum absolute atomic E-state index is 0.0308. The van der Waals surface area contributed by atoms with Crippen molar-refractivity contribution in [3.05, 3.63) is 28.7 Å². The fourth-order valence-corrected chi connectivity index (χ4v) is 2.43. The van der Waals surface area contributed by atoms with Crippen molar-refractivity contribution in [1.29, 1.82) is 0 Å². The van der Waals surface area contributed by atoms with E-state index in [1.807, 2.05) is 18.2 Å². The molecule has 0 radical (unpaired) electrons. The number of ether oxygens (including phenoxy) is 1. The van der Waals surface area contributed by atoms with Gasteiger partial charge in [-0.2, -0.15) is 0 Å². The second-order valence-corrected chi connectivity index (χ2v) is 8.52. The monoisotopic (exact) mass is 320 g/mol. The Morgan fingerprint density at radius 3 is 2.47 bits per heavy atom. The van der Waals surface area contributed by atoms with E-state index in [-0.39, 0.29) is 12.4 Å². The molecule has 1 aromatic carbocycles. The fraction of sp³-hybridized carbons (Fsp3) is 0.500. The maximum Gasteiger partial charge on any atom is 0.158 e. The summed E-state index contributed by atoms with van der Waals surface area (Å²) in [7, 11) is -3.11. The first-order chi connectivity index (χ1) is 7.72. The van der Waals surface area contributed by atoms with Crippen LogP contribution in [0.3, 0.4) is 0 Å². The number of rotatable bonds is 4. The van der Waals surface area contributed by atoms with Crippen LogP contribution in [0.2, 0.25) is 0 Å². The number of benzene rings is 1. The van der Waals surface area contributed by atoms with Crippen LogP contribution in [-0.2, 0) is 9.84 Å². The molecule has 0 aliphatic heterocycles. The second-order valence-electron chi connectivity index (χ2n) is 4.74. The smallest absolute Gasteiger partial charge is 0.158 e. The van der Waals surface area contributed by atoms with Crippen molar-refractivity contribution in [3.8, 4) is 5.75 Å². The standard InChI is InChI=1S/C12H17BrO3S/c1-12(2,3)17(14,15)8-7-16-11-6-4-5-10(13)9-11/h4-6,9H,7-8H2,1-3H3. The van der Waals surface area contributed by atoms with Gasteiger partial charge in [0.05, 0.1) is 10.5 Å². The van der Waals surface area contributed by atoms with Crippen LogP contribution >= 0.6 is 15.9 Å². The Kier molecular flexibility index (Phi) is 4.61. The van der Waals surface area contributed by atoms with Crippen molar-refractivity contribution in [2.45, 2.75) is 25.5 Å². The molecular weight excluding hydrogens is 304 g/mol. The Morgan fingerprint density at radius 2 is 1.94 bits per heavy atom. The molecule has 3 nitrogen and oxygen atoms in total. The van der Waals surface area contributed by atoms with E-state index in [0.717, 1.165) is 4.47 Å². The lowest BCUT2D eigenvalue weighted by Gasteiger charge is -2.19. The Balaban J connectivity index is 2.55. The third kappa shape index (κ3) is 4.32. The first-order valence-electron chi connectivity index (χ1n) is 5.33. The molecular formula is C12H17BrO3S. The molecule has 0 unspecified atom stereocenters. The predicted molar refractivity (Wildman–Crippen MR) is 73.2 cm³/mol. The SMILES string of the molecule is CC(C)(C)S(=O)(=O)CCOc1cccc(Br)c1. The molecule has 1 rings (SSSR count). The zero-order chi connectivity index (χ0) is 13.1. The summed E-state index contributed by atoms with van der Waals surface area (Å²) >= 11 is 3.33. The van der Waals surface area contributed by atoms with Crippen molar-refractivity contribution in [1.82, 2.24) is 0 Å². The molecule has 0 bridgehead atoms. The summed E-state index contributed by atoms with van der Waals surface area (Å²) in [5.74, 6) is 0.701. The van der Waals surface area contributed by atoms with Gasteiger partial charge in [-0.05, 0) is 39.0 Å². The number of halogens is 1. The van der Waals surface area contributed by atoms with E-state index in [0.29, 0.717) is 5.75 Å². The predicted octanol–water partition coefficient (Wildman–Crippen LogP) is 3.04. The molecule has 0 saturated carbocycles. The van der Waals surface area contributed by atoms with Gasteiger partial charge < -0.3 is 4.74 Å². The van der Waals surface area contributed by atoms with Gasteiger partial charge in [-0.3, -0.25) is 0 Å². The average Bonchev–Trinajstić information content (AvgIpc) is 2.15. The minimum atomic E-state index is -3.11. The largest absolute Gasteiger partial charge is 0.492 e. The highest BCUT2D eigenvalue weighted by Crippen LogP contribution is 2.19. The minimum Gasteiger partial charge on any atom is -0.492 e. The molecule has 0 aliphatic rings. The molecule has 0 aromatic heterocycles. The van der Waals surface area contributed by atoms with Crippen LogP contribution in [0, 0.1) is 0 Å². The quantitative estimate of drug-likeness (QED) is 0.856. The van der Waals surface area contributed by atoms with Gasteiger partial charge in [0.25, 0.3) is 0 Å². The topological polar surface area (TPSA) is 43.4 Å². The van der Waals surface area contributed by atoms with Crippen molar-refractivity contribution < 1.29 is 13.2 Å². The fourth-order valence-electron chi connectivity index (χ4n) is 1.13. The summed E-state index contributed by atoms with van der Waals surface area (Å²) in [4.78, 5) is 0. The summed E-state index contributed by atoms with van der Waals surface area (Å²) in [6.07, 6.45) is 0. The van der Waals surface area contributed by atoms with Crippen LogP contribution in [0.25, 0.3) is 0 Å². The third-order valence-corrected chi connectivity index (χ3v) is 5.41. The van der Waals surface area contributed by atoms with Crippen LogP contribution in [0.5, 0.6) is 5.75 Å². The summed E-state index contributed by atoms with van der Waals surface area (Å²) in [6.45, 7) is 5.26.